The van der Waals surface area contributed by atoms with Crippen molar-refractivity contribution in [1.82, 2.24) is 16.8 Å². The molecule has 10 nitrogen and oxygen atoms in total. The number of carbonyl (C=O) groups is 2. The SMILES string of the molecule is CCCCCCCC/C=C\CCCCCCCC(=O)NCCC(O)(CCNC(=O)CCCCCCC/C=C\CCCCCCCC)COS(=O)(=O)OC.N. The van der Waals surface area contributed by atoms with Crippen molar-refractivity contribution in [3.05, 3.63) is 24.3 Å². The van der Waals surface area contributed by atoms with E-state index in [0.717, 1.165) is 71.3 Å². The summed E-state index contributed by atoms with van der Waals surface area (Å²) in [6, 6.07) is 0. The number of rotatable bonds is 40. The van der Waals surface area contributed by atoms with E-state index in [1.165, 1.54) is 103 Å². The molecule has 0 aromatic rings. The van der Waals surface area contributed by atoms with Gasteiger partial charge in [0.15, 0.2) is 0 Å². The minimum atomic E-state index is -4.24. The van der Waals surface area contributed by atoms with Crippen LogP contribution in [0, 0.1) is 0 Å². The molecule has 0 saturated heterocycles. The van der Waals surface area contributed by atoms with Crippen LogP contribution in [0.3, 0.4) is 0 Å². The Balaban J connectivity index is 0. The zero-order valence-electron chi connectivity index (χ0n) is 35.2. The molecule has 6 N–H and O–H groups in total. The number of carbonyl (C=O) groups excluding carboxylic acids is 2. The lowest BCUT2D eigenvalue weighted by atomic mass is 9.96. The quantitative estimate of drug-likeness (QED) is 0.0352. The van der Waals surface area contributed by atoms with Crippen LogP contribution >= 0.6 is 0 Å². The fourth-order valence-corrected chi connectivity index (χ4v) is 6.72. The first kappa shape index (κ1) is 54.3. The molecule has 0 rings (SSSR count). The van der Waals surface area contributed by atoms with Gasteiger partial charge < -0.3 is 21.9 Å². The summed E-state index contributed by atoms with van der Waals surface area (Å²) in [7, 11) is -3.26. The molecular formula is C43H85N3O7S. The van der Waals surface area contributed by atoms with Gasteiger partial charge in [-0.2, -0.15) is 8.42 Å². The van der Waals surface area contributed by atoms with Gasteiger partial charge in [-0.25, -0.2) is 4.18 Å². The number of hydrogen-bond donors (Lipinski definition) is 4. The molecule has 0 spiro atoms. The van der Waals surface area contributed by atoms with Crippen molar-refractivity contribution in [3.8, 4) is 0 Å². The Morgan fingerprint density at radius 1 is 0.556 bits per heavy atom. The van der Waals surface area contributed by atoms with Crippen LogP contribution in [0.15, 0.2) is 24.3 Å². The van der Waals surface area contributed by atoms with Gasteiger partial charge in [0.05, 0.1) is 19.3 Å². The van der Waals surface area contributed by atoms with E-state index in [2.05, 4.69) is 53.0 Å². The molecule has 320 valence electrons. The molecule has 0 atom stereocenters. The number of nitrogens with one attached hydrogen (secondary N) is 2. The van der Waals surface area contributed by atoms with Gasteiger partial charge in [-0.1, -0.05) is 141 Å². The highest BCUT2D eigenvalue weighted by Gasteiger charge is 2.30. The van der Waals surface area contributed by atoms with Crippen LogP contribution in [0.2, 0.25) is 0 Å². The number of amides is 2. The first-order valence-electron chi connectivity index (χ1n) is 21.7. The maximum absolute atomic E-state index is 12.4. The van der Waals surface area contributed by atoms with Gasteiger partial charge in [-0.15, -0.1) is 0 Å². The molecule has 11 heteroatoms. The fourth-order valence-electron chi connectivity index (χ4n) is 6.26. The Kier molecular flexibility index (Phi) is 39.7. The second-order valence-electron chi connectivity index (χ2n) is 14.9. The molecule has 0 saturated carbocycles. The summed E-state index contributed by atoms with van der Waals surface area (Å²) in [5, 5.41) is 16.8. The van der Waals surface area contributed by atoms with Gasteiger partial charge in [-0.3, -0.25) is 13.8 Å². The molecule has 0 unspecified atom stereocenters. The first-order chi connectivity index (χ1) is 25.7. The van der Waals surface area contributed by atoms with Gasteiger partial charge in [0.2, 0.25) is 11.8 Å². The molecule has 0 aromatic heterocycles. The van der Waals surface area contributed by atoms with Crippen LogP contribution in [0.4, 0.5) is 0 Å². The zero-order chi connectivity index (χ0) is 39.1. The second-order valence-corrected chi connectivity index (χ2v) is 16.3. The largest absolute Gasteiger partial charge is 0.399 e. The zero-order valence-corrected chi connectivity index (χ0v) is 36.0. The van der Waals surface area contributed by atoms with Gasteiger partial charge in [-0.05, 0) is 77.0 Å². The van der Waals surface area contributed by atoms with Crippen LogP contribution in [0.1, 0.15) is 206 Å². The van der Waals surface area contributed by atoms with Crippen molar-refractivity contribution in [3.63, 3.8) is 0 Å². The minimum absolute atomic E-state index is 0. The van der Waals surface area contributed by atoms with Crippen LogP contribution in [-0.2, 0) is 28.4 Å². The monoisotopic (exact) mass is 788 g/mol. The Hall–Kier alpha value is -1.79. The van der Waals surface area contributed by atoms with Gasteiger partial charge in [0.1, 0.15) is 0 Å². The highest BCUT2D eigenvalue weighted by molar-refractivity contribution is 7.81. The summed E-state index contributed by atoms with van der Waals surface area (Å²) >= 11 is 0. The van der Waals surface area contributed by atoms with Crippen molar-refractivity contribution in [2.45, 2.75) is 212 Å². The van der Waals surface area contributed by atoms with Crippen molar-refractivity contribution in [2.75, 3.05) is 26.8 Å². The number of aliphatic hydroxyl groups is 1. The molecule has 0 aromatic carbocycles. The molecular weight excluding hydrogens is 703 g/mol. The van der Waals surface area contributed by atoms with Crippen LogP contribution in [-0.4, -0.2) is 57.7 Å². The third-order valence-electron chi connectivity index (χ3n) is 9.83. The van der Waals surface area contributed by atoms with Crippen molar-refractivity contribution < 1.29 is 31.5 Å². The van der Waals surface area contributed by atoms with Crippen molar-refractivity contribution in [2.24, 2.45) is 0 Å². The van der Waals surface area contributed by atoms with E-state index < -0.39 is 22.6 Å². The standard InChI is InChI=1S/C43H82N2O7S.H3N/c1-4-6-8-10-12-14-16-18-20-22-24-26-28-30-32-34-41(46)44-38-36-43(48,40-52-53(49,50)51-3)37-39-45-42(47)35-33-31-29-27-25-23-21-19-17-15-13-11-9-7-5-2;/h18-21,48H,4-17,22-40H2,1-3H3,(H,44,46)(H,45,47);1H3/b20-18-,21-19-;. The predicted octanol–water partition coefficient (Wildman–Crippen LogP) is 10.9. The lowest BCUT2D eigenvalue weighted by molar-refractivity contribution is -0.121. The molecule has 54 heavy (non-hydrogen) atoms. The smallest absolute Gasteiger partial charge is 0.387 e. The maximum atomic E-state index is 12.4. The average molecular weight is 788 g/mol. The molecule has 0 radical (unpaired) electrons. The molecule has 0 aliphatic carbocycles. The number of allylic oxidation sites excluding steroid dienone is 4. The highest BCUT2D eigenvalue weighted by atomic mass is 32.3. The van der Waals surface area contributed by atoms with E-state index in [1.54, 1.807) is 0 Å². The Morgan fingerprint density at radius 3 is 1.20 bits per heavy atom. The Labute approximate surface area is 332 Å². The Morgan fingerprint density at radius 2 is 0.870 bits per heavy atom. The van der Waals surface area contributed by atoms with E-state index in [9.17, 15) is 23.1 Å². The minimum Gasteiger partial charge on any atom is -0.387 e. The molecule has 0 bridgehead atoms. The van der Waals surface area contributed by atoms with E-state index in [4.69, 9.17) is 4.18 Å². The molecule has 2 amide bonds. The van der Waals surface area contributed by atoms with Crippen molar-refractivity contribution >= 4 is 22.2 Å². The lowest BCUT2D eigenvalue weighted by Gasteiger charge is -2.27. The van der Waals surface area contributed by atoms with Gasteiger partial charge in [0, 0.05) is 25.9 Å². The summed E-state index contributed by atoms with van der Waals surface area (Å²) in [5.41, 5.74) is -1.57. The third-order valence-corrected chi connectivity index (χ3v) is 10.6. The summed E-state index contributed by atoms with van der Waals surface area (Å²) in [5.74, 6) is -0.188. The fraction of sp³-hybridized carbons (Fsp3) is 0.860. The predicted molar refractivity (Wildman–Crippen MR) is 226 cm³/mol. The Bertz CT molecular complexity index is 963. The molecule has 0 aliphatic rings. The van der Waals surface area contributed by atoms with Gasteiger partial charge in [0.25, 0.3) is 0 Å². The van der Waals surface area contributed by atoms with Crippen LogP contribution in [0.25, 0.3) is 0 Å². The summed E-state index contributed by atoms with van der Waals surface area (Å²) in [6.45, 7) is 4.30. The summed E-state index contributed by atoms with van der Waals surface area (Å²) in [4.78, 5) is 24.8. The second kappa shape index (κ2) is 39.4. The normalized spacial score (nSPS) is 12.1. The van der Waals surface area contributed by atoms with E-state index >= 15 is 0 Å². The van der Waals surface area contributed by atoms with Crippen LogP contribution in [0.5, 0.6) is 0 Å². The number of unbranched alkanes of at least 4 members (excludes halogenated alkanes) is 22. The van der Waals surface area contributed by atoms with Crippen LogP contribution < -0.4 is 16.8 Å². The van der Waals surface area contributed by atoms with E-state index in [-0.39, 0.29) is 43.9 Å². The van der Waals surface area contributed by atoms with Crippen molar-refractivity contribution in [1.29, 1.82) is 0 Å². The van der Waals surface area contributed by atoms with Gasteiger partial charge >= 0.3 is 10.4 Å². The summed E-state index contributed by atoms with van der Waals surface area (Å²) in [6.07, 6.45) is 41.4. The average Bonchev–Trinajstić information content (AvgIpc) is 3.14. The third kappa shape index (κ3) is 38.5. The molecule has 0 heterocycles. The highest BCUT2D eigenvalue weighted by Crippen LogP contribution is 2.18. The maximum Gasteiger partial charge on any atom is 0.399 e. The first-order valence-corrected chi connectivity index (χ1v) is 23.0. The topological polar surface area (TPSA) is 166 Å². The van der Waals surface area contributed by atoms with E-state index in [0.29, 0.717) is 12.8 Å². The number of hydrogen-bond acceptors (Lipinski definition) is 8. The molecule has 0 fully saturated rings. The molecule has 0 aliphatic heterocycles. The van der Waals surface area contributed by atoms with E-state index in [1.807, 2.05) is 0 Å². The lowest BCUT2D eigenvalue weighted by Crippen LogP contribution is -2.42. The summed E-state index contributed by atoms with van der Waals surface area (Å²) < 4.78 is 32.7.